The van der Waals surface area contributed by atoms with Gasteiger partial charge in [-0.1, -0.05) is 0 Å². The number of allylic oxidation sites excluding steroid dienone is 2. The van der Waals surface area contributed by atoms with Crippen molar-refractivity contribution in [2.45, 2.75) is 0 Å². The highest BCUT2D eigenvalue weighted by atomic mass is 32.1. The zero-order chi connectivity index (χ0) is 24.2. The fraction of sp³-hybridized carbons (Fsp3) is 0. The standard InChI is InChI=1S/C24H10N4O2S4/c25-9-13(10-26)7-15-1-3-17(31-15)18-5-6-20(33-18)24-22(30)21(29)23(34-24)19-4-2-16(32-19)8-14(11-27)12-28/h1-8,29-30H. The first kappa shape index (κ1) is 23.0. The van der Waals surface area contributed by atoms with Gasteiger partial charge in [-0.2, -0.15) is 21.0 Å². The van der Waals surface area contributed by atoms with Gasteiger partial charge in [0.1, 0.15) is 35.4 Å². The lowest BCUT2D eigenvalue weighted by atomic mass is 10.2. The van der Waals surface area contributed by atoms with Crippen LogP contribution in [0.4, 0.5) is 0 Å². The molecule has 4 heterocycles. The molecule has 0 unspecified atom stereocenters. The van der Waals surface area contributed by atoms with Gasteiger partial charge < -0.3 is 10.2 Å². The van der Waals surface area contributed by atoms with Crippen molar-refractivity contribution in [2.24, 2.45) is 0 Å². The maximum atomic E-state index is 10.6. The summed E-state index contributed by atoms with van der Waals surface area (Å²) in [5.41, 5.74) is 0.0256. The Balaban J connectivity index is 1.65. The molecule has 34 heavy (non-hydrogen) atoms. The summed E-state index contributed by atoms with van der Waals surface area (Å²) in [5, 5.41) is 56.9. The Morgan fingerprint density at radius 1 is 0.559 bits per heavy atom. The van der Waals surface area contributed by atoms with Crippen LogP contribution in [0.3, 0.4) is 0 Å². The molecule has 4 aromatic heterocycles. The molecular formula is C24H10N4O2S4. The Labute approximate surface area is 210 Å². The lowest BCUT2D eigenvalue weighted by molar-refractivity contribution is 0.410. The summed E-state index contributed by atoms with van der Waals surface area (Å²) >= 11 is 5.46. The van der Waals surface area contributed by atoms with E-state index in [9.17, 15) is 10.2 Å². The normalized spacial score (nSPS) is 9.88. The zero-order valence-corrected chi connectivity index (χ0v) is 20.2. The van der Waals surface area contributed by atoms with E-state index in [0.717, 1.165) is 19.5 Å². The third-order valence-corrected chi connectivity index (χ3v) is 9.34. The largest absolute Gasteiger partial charge is 0.503 e. The summed E-state index contributed by atoms with van der Waals surface area (Å²) in [5.74, 6) is -0.409. The van der Waals surface area contributed by atoms with Crippen molar-refractivity contribution in [3.63, 3.8) is 0 Å². The molecule has 2 N–H and O–H groups in total. The molecule has 0 radical (unpaired) electrons. The monoisotopic (exact) mass is 514 g/mol. The van der Waals surface area contributed by atoms with Crippen LogP contribution < -0.4 is 0 Å². The molecule has 0 aliphatic heterocycles. The predicted octanol–water partition coefficient (Wildman–Crippen LogP) is 7.21. The van der Waals surface area contributed by atoms with E-state index in [1.807, 2.05) is 48.5 Å². The molecule has 0 amide bonds. The predicted molar refractivity (Wildman–Crippen MR) is 136 cm³/mol. The van der Waals surface area contributed by atoms with Crippen molar-refractivity contribution in [1.82, 2.24) is 0 Å². The molecule has 162 valence electrons. The molecule has 0 saturated carbocycles. The molecule has 0 aliphatic rings. The van der Waals surface area contributed by atoms with E-state index >= 15 is 0 Å². The highest BCUT2D eigenvalue weighted by Gasteiger charge is 2.22. The van der Waals surface area contributed by atoms with Crippen molar-refractivity contribution in [3.05, 3.63) is 57.3 Å². The second-order valence-corrected chi connectivity index (χ2v) is 10.9. The Hall–Kier alpha value is -4.16. The molecule has 0 bridgehead atoms. The molecular weight excluding hydrogens is 505 g/mol. The molecule has 6 nitrogen and oxygen atoms in total. The minimum Gasteiger partial charge on any atom is -0.503 e. The third kappa shape index (κ3) is 4.49. The Kier molecular flexibility index (Phi) is 6.61. The van der Waals surface area contributed by atoms with Gasteiger partial charge in [0.2, 0.25) is 0 Å². The van der Waals surface area contributed by atoms with Gasteiger partial charge in [-0.15, -0.1) is 45.3 Å². The van der Waals surface area contributed by atoms with Gasteiger partial charge in [0.25, 0.3) is 0 Å². The van der Waals surface area contributed by atoms with Crippen molar-refractivity contribution in [2.75, 3.05) is 0 Å². The summed E-state index contributed by atoms with van der Waals surface area (Å²) in [6, 6.07) is 18.4. The van der Waals surface area contributed by atoms with Gasteiger partial charge in [-0.05, 0) is 48.6 Å². The first-order valence-electron chi connectivity index (χ1n) is 9.36. The van der Waals surface area contributed by atoms with E-state index in [-0.39, 0.29) is 22.6 Å². The van der Waals surface area contributed by atoms with Crippen LogP contribution in [0.15, 0.2) is 47.5 Å². The number of thiophene rings is 4. The summed E-state index contributed by atoms with van der Waals surface area (Å²) in [4.78, 5) is 5.93. The second kappa shape index (κ2) is 9.77. The molecule has 0 spiro atoms. The maximum absolute atomic E-state index is 10.6. The topological polar surface area (TPSA) is 136 Å². The number of nitriles is 4. The van der Waals surface area contributed by atoms with Crippen LogP contribution in [0.2, 0.25) is 0 Å². The summed E-state index contributed by atoms with van der Waals surface area (Å²) in [7, 11) is 0. The van der Waals surface area contributed by atoms with E-state index in [1.54, 1.807) is 18.2 Å². The highest BCUT2D eigenvalue weighted by molar-refractivity contribution is 7.29. The lowest BCUT2D eigenvalue weighted by Crippen LogP contribution is -1.68. The van der Waals surface area contributed by atoms with E-state index in [4.69, 9.17) is 21.0 Å². The molecule has 0 saturated heterocycles. The molecule has 4 aromatic rings. The number of rotatable bonds is 5. The minimum absolute atomic E-state index is 0.0119. The third-order valence-electron chi connectivity index (χ3n) is 4.46. The van der Waals surface area contributed by atoms with Crippen molar-refractivity contribution >= 4 is 57.5 Å². The van der Waals surface area contributed by atoms with Crippen molar-refractivity contribution in [3.8, 4) is 65.0 Å². The average Bonchev–Trinajstić information content (AvgIpc) is 3.64. The molecule has 0 fully saturated rings. The SMILES string of the molecule is N#CC(C#N)=Cc1ccc(-c2ccc(-c3sc(-c4ccc(C=C(C#N)C#N)s4)c(O)c3O)s2)s1. The molecule has 0 atom stereocenters. The van der Waals surface area contributed by atoms with Gasteiger partial charge in [-0.25, -0.2) is 0 Å². The van der Waals surface area contributed by atoms with Gasteiger partial charge in [0.05, 0.1) is 9.75 Å². The Bertz CT molecular complexity index is 1600. The van der Waals surface area contributed by atoms with Crippen LogP contribution in [-0.4, -0.2) is 10.2 Å². The lowest BCUT2D eigenvalue weighted by Gasteiger charge is -1.94. The van der Waals surface area contributed by atoms with E-state index in [1.165, 1.54) is 51.4 Å². The first-order chi connectivity index (χ1) is 16.5. The van der Waals surface area contributed by atoms with Gasteiger partial charge >= 0.3 is 0 Å². The number of hydrogen-bond acceptors (Lipinski definition) is 10. The van der Waals surface area contributed by atoms with Gasteiger partial charge in [0, 0.05) is 29.3 Å². The average molecular weight is 515 g/mol. The van der Waals surface area contributed by atoms with Crippen molar-refractivity contribution in [1.29, 1.82) is 21.0 Å². The first-order valence-corrected chi connectivity index (χ1v) is 12.6. The van der Waals surface area contributed by atoms with Crippen LogP contribution in [-0.2, 0) is 0 Å². The van der Waals surface area contributed by atoms with E-state index < -0.39 is 0 Å². The fourth-order valence-corrected chi connectivity index (χ4v) is 7.23. The molecule has 4 rings (SSSR count). The van der Waals surface area contributed by atoms with Gasteiger partial charge in [0.15, 0.2) is 11.5 Å². The summed E-state index contributed by atoms with van der Waals surface area (Å²) < 4.78 is 0. The van der Waals surface area contributed by atoms with Crippen LogP contribution in [0, 0.1) is 45.3 Å². The maximum Gasteiger partial charge on any atom is 0.178 e. The zero-order valence-electron chi connectivity index (χ0n) is 16.9. The number of nitrogens with zero attached hydrogens (tertiary/aromatic N) is 4. The second-order valence-electron chi connectivity index (χ2n) is 6.59. The Morgan fingerprint density at radius 2 is 0.941 bits per heavy atom. The van der Waals surface area contributed by atoms with Crippen LogP contribution in [0.5, 0.6) is 11.5 Å². The smallest absolute Gasteiger partial charge is 0.178 e. The van der Waals surface area contributed by atoms with Crippen LogP contribution >= 0.6 is 45.3 Å². The number of aromatic hydroxyl groups is 2. The van der Waals surface area contributed by atoms with E-state index in [0.29, 0.717) is 19.5 Å². The van der Waals surface area contributed by atoms with Crippen LogP contribution in [0.25, 0.3) is 41.4 Å². The minimum atomic E-state index is -0.211. The van der Waals surface area contributed by atoms with E-state index in [2.05, 4.69) is 0 Å². The fourth-order valence-electron chi connectivity index (χ4n) is 2.92. The summed E-state index contributed by atoms with van der Waals surface area (Å²) in [6.07, 6.45) is 3.02. The molecule has 0 aromatic carbocycles. The quantitative estimate of drug-likeness (QED) is 0.270. The highest BCUT2D eigenvalue weighted by Crippen LogP contribution is 2.54. The van der Waals surface area contributed by atoms with Crippen LogP contribution in [0.1, 0.15) is 9.75 Å². The summed E-state index contributed by atoms with van der Waals surface area (Å²) in [6.45, 7) is 0. The van der Waals surface area contributed by atoms with Gasteiger partial charge in [-0.3, -0.25) is 0 Å². The van der Waals surface area contributed by atoms with Crippen molar-refractivity contribution < 1.29 is 10.2 Å². The molecule has 0 aliphatic carbocycles. The number of hydrogen-bond donors (Lipinski definition) is 2. The Morgan fingerprint density at radius 3 is 1.47 bits per heavy atom. The molecule has 10 heteroatoms.